The lowest BCUT2D eigenvalue weighted by atomic mass is 9.48. The molecule has 2 rings (SSSR count). The van der Waals surface area contributed by atoms with Crippen LogP contribution in [0.5, 0.6) is 0 Å². The van der Waals surface area contributed by atoms with E-state index in [-0.39, 0.29) is 16.4 Å². The van der Waals surface area contributed by atoms with E-state index in [9.17, 15) is 4.79 Å². The van der Waals surface area contributed by atoms with Gasteiger partial charge in [-0.1, -0.05) is 57.5 Å². The quantitative estimate of drug-likeness (QED) is 0.252. The van der Waals surface area contributed by atoms with Crippen molar-refractivity contribution in [3.05, 3.63) is 47.5 Å². The van der Waals surface area contributed by atoms with E-state index < -0.39 is 0 Å². The second kappa shape index (κ2) is 10.0. The van der Waals surface area contributed by atoms with Crippen molar-refractivity contribution >= 4 is 24.1 Å². The van der Waals surface area contributed by atoms with Gasteiger partial charge in [0.25, 0.3) is 0 Å². The zero-order valence-electron chi connectivity index (χ0n) is 17.5. The largest absolute Gasteiger partial charge is 0.353 e. The van der Waals surface area contributed by atoms with Crippen LogP contribution in [0.15, 0.2) is 36.9 Å². The van der Waals surface area contributed by atoms with E-state index in [2.05, 4.69) is 51.7 Å². The van der Waals surface area contributed by atoms with Crippen LogP contribution in [0.1, 0.15) is 58.9 Å². The Balaban J connectivity index is 0.00000122. The van der Waals surface area contributed by atoms with Crippen LogP contribution < -0.4 is 5.32 Å². The third-order valence-corrected chi connectivity index (χ3v) is 6.83. The van der Waals surface area contributed by atoms with Gasteiger partial charge in [-0.2, -0.15) is 0 Å². The average Bonchev–Trinajstić information content (AvgIpc) is 2.59. The molecule has 1 aliphatic carbocycles. The third-order valence-electron chi connectivity index (χ3n) is 6.58. The summed E-state index contributed by atoms with van der Waals surface area (Å²) in [6.07, 6.45) is 8.73. The van der Waals surface area contributed by atoms with Gasteiger partial charge in [0, 0.05) is 10.6 Å². The van der Waals surface area contributed by atoms with E-state index >= 15 is 0 Å². The lowest BCUT2D eigenvalue weighted by molar-refractivity contribution is -0.116. The molecule has 1 aromatic rings. The zero-order valence-corrected chi connectivity index (χ0v) is 18.2. The Labute approximate surface area is 174 Å². The number of hydrogen-bond acceptors (Lipinski definition) is 3. The highest BCUT2D eigenvalue weighted by molar-refractivity contribution is 6.30. The predicted molar refractivity (Wildman–Crippen MR) is 115 cm³/mol. The molecule has 0 bridgehead atoms. The van der Waals surface area contributed by atoms with Crippen molar-refractivity contribution in [2.45, 2.75) is 65.3 Å². The van der Waals surface area contributed by atoms with Crippen molar-refractivity contribution in [2.75, 3.05) is 0 Å². The van der Waals surface area contributed by atoms with Crippen molar-refractivity contribution < 1.29 is 9.59 Å². The topological polar surface area (TPSA) is 70.0 Å². The van der Waals surface area contributed by atoms with Crippen LogP contribution >= 0.6 is 11.6 Å². The predicted octanol–water partition coefficient (Wildman–Crippen LogP) is 5.70. The smallest absolute Gasteiger partial charge is 0.231 e. The Morgan fingerprint density at radius 2 is 1.82 bits per heavy atom. The summed E-state index contributed by atoms with van der Waals surface area (Å²) in [7, 11) is 0. The van der Waals surface area contributed by atoms with Gasteiger partial charge in [-0.15, -0.1) is 6.58 Å². The van der Waals surface area contributed by atoms with Gasteiger partial charge in [0.15, 0.2) is 0 Å². The van der Waals surface area contributed by atoms with Gasteiger partial charge < -0.3 is 5.32 Å². The summed E-state index contributed by atoms with van der Waals surface area (Å²) in [4.78, 5) is 19.6. The van der Waals surface area contributed by atoms with Gasteiger partial charge in [-0.3, -0.25) is 4.79 Å². The minimum Gasteiger partial charge on any atom is -0.353 e. The lowest BCUT2D eigenvalue weighted by Crippen LogP contribution is -2.61. The summed E-state index contributed by atoms with van der Waals surface area (Å²) < 4.78 is 0. The van der Waals surface area contributed by atoms with Crippen molar-refractivity contribution in [3.8, 4) is 0 Å². The molecule has 0 aliphatic heterocycles. The highest BCUT2D eigenvalue weighted by atomic mass is 35.5. The van der Waals surface area contributed by atoms with Gasteiger partial charge in [0.1, 0.15) is 0 Å². The molecular weight excluding hydrogens is 372 g/mol. The Morgan fingerprint density at radius 1 is 1.29 bits per heavy atom. The molecule has 1 saturated carbocycles. The third kappa shape index (κ3) is 5.80. The van der Waals surface area contributed by atoms with Crippen LogP contribution in [-0.2, 0) is 16.0 Å². The van der Waals surface area contributed by atoms with E-state index in [0.717, 1.165) is 49.6 Å². The summed E-state index contributed by atoms with van der Waals surface area (Å²) >= 11 is 5.99. The number of benzene rings is 1. The van der Waals surface area contributed by atoms with Crippen molar-refractivity contribution in [3.63, 3.8) is 0 Å². The molecule has 1 aromatic carbocycles. The molecule has 0 aromatic heterocycles. The second-order valence-electron chi connectivity index (χ2n) is 9.05. The number of rotatable bonds is 8. The zero-order chi connectivity index (χ0) is 21.4. The first-order chi connectivity index (χ1) is 13.1. The van der Waals surface area contributed by atoms with E-state index in [1.807, 2.05) is 18.2 Å². The minimum absolute atomic E-state index is 0.124. The molecule has 1 amide bonds. The van der Waals surface area contributed by atoms with Gasteiger partial charge in [-0.05, 0) is 66.5 Å². The molecule has 5 heteroatoms. The average molecular weight is 405 g/mol. The molecule has 0 heterocycles. The number of carbonyl (C=O) groups is 1. The molecule has 2 N–H and O–H groups in total. The fourth-order valence-corrected chi connectivity index (χ4v) is 4.48. The highest BCUT2D eigenvalue weighted by Crippen LogP contribution is 2.58. The molecule has 1 atom stereocenters. The molecule has 0 saturated heterocycles. The first-order valence-electron chi connectivity index (χ1n) is 9.68. The number of amides is 1. The first kappa shape index (κ1) is 24.1. The van der Waals surface area contributed by atoms with Crippen LogP contribution in [0.4, 0.5) is 0 Å². The molecule has 0 radical (unpaired) electrons. The first-order valence-corrected chi connectivity index (χ1v) is 10.1. The number of isocyanates is 1. The molecule has 0 spiro atoms. The van der Waals surface area contributed by atoms with Crippen molar-refractivity contribution in [2.24, 2.45) is 16.7 Å². The van der Waals surface area contributed by atoms with E-state index in [0.29, 0.717) is 5.92 Å². The normalized spacial score (nSPS) is 23.1. The fraction of sp³-hybridized carbons (Fsp3) is 0.565. The van der Waals surface area contributed by atoms with Crippen molar-refractivity contribution in [1.82, 2.24) is 5.32 Å². The van der Waals surface area contributed by atoms with E-state index in [4.69, 9.17) is 21.8 Å². The number of carbonyl (C=O) groups excluding carboxylic acids is 2. The lowest BCUT2D eigenvalue weighted by Gasteiger charge is -2.59. The molecule has 4 nitrogen and oxygen atoms in total. The highest BCUT2D eigenvalue weighted by Gasteiger charge is 2.54. The maximum Gasteiger partial charge on any atom is 0.231 e. The number of nitrogens with one attached hydrogen (secondary N) is 2. The van der Waals surface area contributed by atoms with Crippen molar-refractivity contribution in [1.29, 1.82) is 5.41 Å². The van der Waals surface area contributed by atoms with Crippen LogP contribution in [0, 0.1) is 22.2 Å². The van der Waals surface area contributed by atoms with E-state index in [1.165, 1.54) is 5.56 Å². The summed E-state index contributed by atoms with van der Waals surface area (Å²) in [5.74, 6) is 0.604. The van der Waals surface area contributed by atoms with Crippen LogP contribution in [-0.4, -0.2) is 18.0 Å². The second-order valence-corrected chi connectivity index (χ2v) is 9.48. The maximum absolute atomic E-state index is 11.2. The Hall–Kier alpha value is -1.90. The van der Waals surface area contributed by atoms with Gasteiger partial charge >= 0.3 is 0 Å². The summed E-state index contributed by atoms with van der Waals surface area (Å²) in [5, 5.41) is 9.28. The molecule has 1 aliphatic rings. The summed E-state index contributed by atoms with van der Waals surface area (Å²) in [6.45, 7) is 13.3. The van der Waals surface area contributed by atoms with Crippen LogP contribution in [0.25, 0.3) is 0 Å². The summed E-state index contributed by atoms with van der Waals surface area (Å²) in [6, 6.07) is 7.96. The molecule has 1 fully saturated rings. The fourth-order valence-electron chi connectivity index (χ4n) is 4.36. The Bertz CT molecular complexity index is 682. The molecule has 154 valence electrons. The number of hydrogen-bond donors (Lipinski definition) is 2. The van der Waals surface area contributed by atoms with E-state index in [1.54, 1.807) is 0 Å². The van der Waals surface area contributed by atoms with Gasteiger partial charge in [0.2, 0.25) is 12.5 Å². The van der Waals surface area contributed by atoms with Gasteiger partial charge in [-0.25, -0.2) is 10.2 Å². The molecule has 28 heavy (non-hydrogen) atoms. The maximum atomic E-state index is 11.2. The minimum atomic E-state index is -0.124. The molecular formula is C23H33ClN2O2. The van der Waals surface area contributed by atoms with Gasteiger partial charge in [0.05, 0.1) is 0 Å². The monoisotopic (exact) mass is 404 g/mol. The SMILES string of the molecule is C=CCCC(C)(C1CC(Cc2ccc(Cl)cc2)(NC=O)C1)C(C)(C)C.N=C=O. The standard InChI is InChI=1S/C22H32ClNO.CHNO/c1-6-7-12-21(5,20(2,3)4)18-14-22(15-18,24-16-25)13-17-8-10-19(23)11-9-17;2-1-3/h6,8-11,16,18H,1,7,12-15H2,2-5H3,(H,24,25);2H. The van der Waals surface area contributed by atoms with Crippen LogP contribution in [0.3, 0.4) is 0 Å². The summed E-state index contributed by atoms with van der Waals surface area (Å²) in [5.41, 5.74) is 1.55. The number of allylic oxidation sites excluding steroid dienone is 1. The molecule has 1 unspecified atom stereocenters. The Morgan fingerprint density at radius 3 is 2.25 bits per heavy atom. The Kier molecular flexibility index (Phi) is 8.66. The van der Waals surface area contributed by atoms with Crippen LogP contribution in [0.2, 0.25) is 5.02 Å². The number of halogens is 1.